The summed E-state index contributed by atoms with van der Waals surface area (Å²) < 4.78 is 1.47. The maximum Gasteiger partial charge on any atom is 0.367 e. The number of carboxylic acid groups (broad SMARTS) is 1. The van der Waals surface area contributed by atoms with Gasteiger partial charge in [-0.1, -0.05) is 23.5 Å². The molecular formula is C12H10N4O2S. The SMILES string of the molecule is Cc1ccc(-c2nnc3sc(C(=O)O)nn23)cc1C. The zero-order valence-corrected chi connectivity index (χ0v) is 11.1. The number of benzene rings is 1. The highest BCUT2D eigenvalue weighted by Gasteiger charge is 2.17. The summed E-state index contributed by atoms with van der Waals surface area (Å²) in [4.78, 5) is 11.4. The van der Waals surface area contributed by atoms with Gasteiger partial charge in [-0.25, -0.2) is 4.79 Å². The minimum absolute atomic E-state index is 0.00924. The van der Waals surface area contributed by atoms with Gasteiger partial charge in [0.1, 0.15) is 0 Å². The Morgan fingerprint density at radius 1 is 1.26 bits per heavy atom. The number of hydrogen-bond donors (Lipinski definition) is 1. The summed E-state index contributed by atoms with van der Waals surface area (Å²) in [6, 6.07) is 5.92. The molecule has 0 fully saturated rings. The first-order valence-corrected chi connectivity index (χ1v) is 6.41. The number of aromatic nitrogens is 4. The Labute approximate surface area is 112 Å². The molecule has 0 aliphatic heterocycles. The van der Waals surface area contributed by atoms with Crippen LogP contribution in [0.2, 0.25) is 0 Å². The van der Waals surface area contributed by atoms with Crippen molar-refractivity contribution in [2.24, 2.45) is 0 Å². The molecule has 0 spiro atoms. The van der Waals surface area contributed by atoms with E-state index in [0.717, 1.165) is 22.5 Å². The van der Waals surface area contributed by atoms with E-state index in [0.29, 0.717) is 10.8 Å². The standard InChI is InChI=1S/C12H10N4O2S/c1-6-3-4-8(5-7(6)2)9-13-14-12-16(9)15-10(19-12)11(17)18/h3-5H,1-2H3,(H,17,18). The van der Waals surface area contributed by atoms with Crippen molar-refractivity contribution in [3.8, 4) is 11.4 Å². The van der Waals surface area contributed by atoms with Gasteiger partial charge in [-0.3, -0.25) is 0 Å². The summed E-state index contributed by atoms with van der Waals surface area (Å²) in [7, 11) is 0. The van der Waals surface area contributed by atoms with E-state index in [1.165, 1.54) is 10.1 Å². The number of aromatic carboxylic acids is 1. The van der Waals surface area contributed by atoms with Crippen LogP contribution in [0.1, 0.15) is 20.9 Å². The number of carboxylic acids is 1. The third-order valence-corrected chi connectivity index (χ3v) is 3.83. The van der Waals surface area contributed by atoms with E-state index in [9.17, 15) is 4.79 Å². The lowest BCUT2D eigenvalue weighted by molar-refractivity contribution is 0.0695. The van der Waals surface area contributed by atoms with Gasteiger partial charge in [0.2, 0.25) is 9.97 Å². The molecule has 0 radical (unpaired) electrons. The van der Waals surface area contributed by atoms with Crippen LogP contribution in [0.3, 0.4) is 0 Å². The third-order valence-electron chi connectivity index (χ3n) is 2.94. The molecule has 96 valence electrons. The summed E-state index contributed by atoms with van der Waals surface area (Å²) in [5.74, 6) is -0.497. The molecule has 0 bridgehead atoms. The molecule has 0 aliphatic carbocycles. The van der Waals surface area contributed by atoms with E-state index < -0.39 is 5.97 Å². The second-order valence-corrected chi connectivity index (χ2v) is 5.19. The molecule has 0 amide bonds. The van der Waals surface area contributed by atoms with Crippen molar-refractivity contribution in [3.05, 3.63) is 34.3 Å². The van der Waals surface area contributed by atoms with E-state index in [-0.39, 0.29) is 5.01 Å². The predicted molar refractivity (Wildman–Crippen MR) is 70.5 cm³/mol. The molecule has 7 heteroatoms. The molecule has 0 atom stereocenters. The van der Waals surface area contributed by atoms with Crippen LogP contribution in [-0.4, -0.2) is 30.9 Å². The first kappa shape index (κ1) is 11.8. The number of fused-ring (bicyclic) bond motifs is 1. The molecule has 1 aromatic carbocycles. The van der Waals surface area contributed by atoms with Crippen molar-refractivity contribution < 1.29 is 9.90 Å². The predicted octanol–water partition coefficient (Wildman–Crippen LogP) is 2.17. The fraction of sp³-hybridized carbons (Fsp3) is 0.167. The smallest absolute Gasteiger partial charge is 0.367 e. The monoisotopic (exact) mass is 274 g/mol. The summed E-state index contributed by atoms with van der Waals surface area (Å²) in [6.07, 6.45) is 0. The van der Waals surface area contributed by atoms with Gasteiger partial charge in [0.25, 0.3) is 0 Å². The van der Waals surface area contributed by atoms with E-state index in [1.54, 1.807) is 0 Å². The van der Waals surface area contributed by atoms with Crippen molar-refractivity contribution in [3.63, 3.8) is 0 Å². The average Bonchev–Trinajstić information content (AvgIpc) is 2.92. The summed E-state index contributed by atoms with van der Waals surface area (Å²) in [6.45, 7) is 4.05. The van der Waals surface area contributed by atoms with E-state index in [2.05, 4.69) is 15.3 Å². The van der Waals surface area contributed by atoms with Gasteiger partial charge in [-0.15, -0.1) is 15.3 Å². The Balaban J connectivity index is 2.18. The van der Waals surface area contributed by atoms with Gasteiger partial charge in [-0.2, -0.15) is 4.52 Å². The van der Waals surface area contributed by atoms with E-state index >= 15 is 0 Å². The van der Waals surface area contributed by atoms with Gasteiger partial charge < -0.3 is 5.11 Å². The number of rotatable bonds is 2. The minimum Gasteiger partial charge on any atom is -0.476 e. The Kier molecular flexibility index (Phi) is 2.56. The minimum atomic E-state index is -1.05. The number of carbonyl (C=O) groups is 1. The fourth-order valence-corrected chi connectivity index (χ4v) is 2.44. The van der Waals surface area contributed by atoms with Crippen LogP contribution in [0, 0.1) is 13.8 Å². The van der Waals surface area contributed by atoms with Crippen molar-refractivity contribution in [1.29, 1.82) is 0 Å². The second-order valence-electron chi connectivity index (χ2n) is 4.23. The highest BCUT2D eigenvalue weighted by atomic mass is 32.1. The van der Waals surface area contributed by atoms with Gasteiger partial charge in [0.05, 0.1) is 0 Å². The van der Waals surface area contributed by atoms with Crippen LogP contribution in [0.5, 0.6) is 0 Å². The largest absolute Gasteiger partial charge is 0.476 e. The first-order chi connectivity index (χ1) is 9.06. The maximum absolute atomic E-state index is 10.9. The zero-order valence-electron chi connectivity index (χ0n) is 10.3. The highest BCUT2D eigenvalue weighted by molar-refractivity contribution is 7.18. The molecular weight excluding hydrogens is 264 g/mol. The molecule has 0 saturated heterocycles. The molecule has 0 saturated carbocycles. The molecule has 2 heterocycles. The molecule has 0 aliphatic rings. The highest BCUT2D eigenvalue weighted by Crippen LogP contribution is 2.23. The fourth-order valence-electron chi connectivity index (χ4n) is 1.76. The lowest BCUT2D eigenvalue weighted by Crippen LogP contribution is -1.98. The van der Waals surface area contributed by atoms with Gasteiger partial charge in [-0.05, 0) is 31.0 Å². The van der Waals surface area contributed by atoms with Gasteiger partial charge in [0, 0.05) is 5.56 Å². The number of aryl methyl sites for hydroxylation is 2. The van der Waals surface area contributed by atoms with Crippen LogP contribution in [0.15, 0.2) is 18.2 Å². The van der Waals surface area contributed by atoms with E-state index in [4.69, 9.17) is 5.11 Å². The molecule has 1 N–H and O–H groups in total. The molecule has 0 unspecified atom stereocenters. The van der Waals surface area contributed by atoms with Crippen molar-refractivity contribution >= 4 is 22.3 Å². The molecule has 6 nitrogen and oxygen atoms in total. The van der Waals surface area contributed by atoms with Crippen LogP contribution >= 0.6 is 11.3 Å². The Bertz CT molecular complexity index is 790. The lowest BCUT2D eigenvalue weighted by atomic mass is 10.1. The third kappa shape index (κ3) is 1.88. The number of hydrogen-bond acceptors (Lipinski definition) is 5. The molecule has 3 aromatic rings. The Morgan fingerprint density at radius 2 is 2.05 bits per heavy atom. The normalized spacial score (nSPS) is 11.1. The molecule has 19 heavy (non-hydrogen) atoms. The van der Waals surface area contributed by atoms with E-state index in [1.807, 2.05) is 32.0 Å². The van der Waals surface area contributed by atoms with Gasteiger partial charge in [0.15, 0.2) is 5.82 Å². The quantitative estimate of drug-likeness (QED) is 0.774. The number of nitrogens with zero attached hydrogens (tertiary/aromatic N) is 4. The average molecular weight is 274 g/mol. The Hall–Kier alpha value is -2.28. The maximum atomic E-state index is 10.9. The molecule has 2 aromatic heterocycles. The Morgan fingerprint density at radius 3 is 2.74 bits per heavy atom. The van der Waals surface area contributed by atoms with Crippen LogP contribution in [0.25, 0.3) is 16.3 Å². The van der Waals surface area contributed by atoms with Crippen LogP contribution in [0.4, 0.5) is 0 Å². The molecule has 3 rings (SSSR count). The van der Waals surface area contributed by atoms with Crippen molar-refractivity contribution in [2.45, 2.75) is 13.8 Å². The van der Waals surface area contributed by atoms with Gasteiger partial charge >= 0.3 is 5.97 Å². The summed E-state index contributed by atoms with van der Waals surface area (Å²) in [5.41, 5.74) is 3.20. The van der Waals surface area contributed by atoms with Crippen molar-refractivity contribution in [1.82, 2.24) is 19.8 Å². The van der Waals surface area contributed by atoms with Crippen LogP contribution in [-0.2, 0) is 0 Å². The second kappa shape index (κ2) is 4.13. The summed E-state index contributed by atoms with van der Waals surface area (Å²) in [5, 5.41) is 21.0. The zero-order chi connectivity index (χ0) is 13.6. The topological polar surface area (TPSA) is 80.4 Å². The first-order valence-electron chi connectivity index (χ1n) is 5.59. The van der Waals surface area contributed by atoms with Crippen molar-refractivity contribution in [2.75, 3.05) is 0 Å². The van der Waals surface area contributed by atoms with Crippen LogP contribution < -0.4 is 0 Å². The summed E-state index contributed by atoms with van der Waals surface area (Å²) >= 11 is 1.01. The lowest BCUT2D eigenvalue weighted by Gasteiger charge is -2.02.